The molecule has 1 heterocycles. The van der Waals surface area contributed by atoms with Gasteiger partial charge in [-0.1, -0.05) is 6.07 Å². The SMILES string of the molecule is COc1ccc2c(Nc3cccc(F)c3)ncnc2c1OC. The summed E-state index contributed by atoms with van der Waals surface area (Å²) in [6.45, 7) is 0. The van der Waals surface area contributed by atoms with Crippen LogP contribution in [0.1, 0.15) is 0 Å². The molecule has 0 radical (unpaired) electrons. The molecule has 0 aliphatic carbocycles. The van der Waals surface area contributed by atoms with E-state index in [4.69, 9.17) is 9.47 Å². The van der Waals surface area contributed by atoms with Crippen molar-refractivity contribution in [2.24, 2.45) is 0 Å². The van der Waals surface area contributed by atoms with Gasteiger partial charge in [0.15, 0.2) is 11.5 Å². The van der Waals surface area contributed by atoms with Crippen LogP contribution in [0, 0.1) is 5.82 Å². The van der Waals surface area contributed by atoms with Crippen molar-refractivity contribution in [1.82, 2.24) is 9.97 Å². The third-order valence-corrected chi connectivity index (χ3v) is 3.24. The molecule has 0 saturated heterocycles. The van der Waals surface area contributed by atoms with Gasteiger partial charge in [0.25, 0.3) is 0 Å². The molecule has 3 aromatic rings. The molecule has 0 unspecified atom stereocenters. The number of nitrogens with one attached hydrogen (secondary N) is 1. The largest absolute Gasteiger partial charge is 0.493 e. The topological polar surface area (TPSA) is 56.3 Å². The quantitative estimate of drug-likeness (QED) is 0.798. The number of aromatic nitrogens is 2. The molecule has 0 atom stereocenters. The number of methoxy groups -OCH3 is 2. The molecular formula is C16H14FN3O2. The third kappa shape index (κ3) is 2.50. The lowest BCUT2D eigenvalue weighted by Crippen LogP contribution is -1.99. The second-order valence-electron chi connectivity index (χ2n) is 4.55. The average Bonchev–Trinajstić information content (AvgIpc) is 2.54. The highest BCUT2D eigenvalue weighted by atomic mass is 19.1. The number of rotatable bonds is 4. The van der Waals surface area contributed by atoms with Gasteiger partial charge in [-0.3, -0.25) is 0 Å². The zero-order valence-electron chi connectivity index (χ0n) is 12.1. The number of hydrogen-bond donors (Lipinski definition) is 1. The number of anilines is 2. The van der Waals surface area contributed by atoms with Crippen LogP contribution in [0.25, 0.3) is 10.9 Å². The maximum absolute atomic E-state index is 13.3. The fraction of sp³-hybridized carbons (Fsp3) is 0.125. The van der Waals surface area contributed by atoms with Gasteiger partial charge < -0.3 is 14.8 Å². The van der Waals surface area contributed by atoms with Crippen LogP contribution in [0.3, 0.4) is 0 Å². The average molecular weight is 299 g/mol. The van der Waals surface area contributed by atoms with E-state index in [9.17, 15) is 4.39 Å². The van der Waals surface area contributed by atoms with E-state index in [1.165, 1.54) is 18.5 Å². The molecule has 5 nitrogen and oxygen atoms in total. The van der Waals surface area contributed by atoms with Crippen LogP contribution < -0.4 is 14.8 Å². The fourth-order valence-corrected chi connectivity index (χ4v) is 2.25. The number of benzene rings is 2. The molecule has 112 valence electrons. The van der Waals surface area contributed by atoms with Crippen LogP contribution in [0.2, 0.25) is 0 Å². The van der Waals surface area contributed by atoms with Crippen molar-refractivity contribution in [2.75, 3.05) is 19.5 Å². The van der Waals surface area contributed by atoms with Crippen LogP contribution in [-0.2, 0) is 0 Å². The Labute approximate surface area is 126 Å². The second kappa shape index (κ2) is 5.85. The van der Waals surface area contributed by atoms with Crippen molar-refractivity contribution in [3.8, 4) is 11.5 Å². The molecular weight excluding hydrogens is 285 g/mol. The first kappa shape index (κ1) is 14.1. The first-order valence-electron chi connectivity index (χ1n) is 6.61. The molecule has 0 saturated carbocycles. The Kier molecular flexibility index (Phi) is 3.74. The van der Waals surface area contributed by atoms with Gasteiger partial charge in [-0.15, -0.1) is 0 Å². The summed E-state index contributed by atoms with van der Waals surface area (Å²) in [5.41, 5.74) is 1.23. The summed E-state index contributed by atoms with van der Waals surface area (Å²) in [7, 11) is 3.12. The minimum Gasteiger partial charge on any atom is -0.493 e. The van der Waals surface area contributed by atoms with E-state index < -0.39 is 0 Å². The summed E-state index contributed by atoms with van der Waals surface area (Å²) in [5.74, 6) is 1.37. The Morgan fingerprint density at radius 1 is 1.05 bits per heavy atom. The van der Waals surface area contributed by atoms with E-state index in [0.29, 0.717) is 28.5 Å². The van der Waals surface area contributed by atoms with Crippen LogP contribution >= 0.6 is 0 Å². The Morgan fingerprint density at radius 3 is 2.64 bits per heavy atom. The third-order valence-electron chi connectivity index (χ3n) is 3.24. The zero-order chi connectivity index (χ0) is 15.5. The van der Waals surface area contributed by atoms with Crippen molar-refractivity contribution in [3.05, 3.63) is 48.5 Å². The van der Waals surface area contributed by atoms with Crippen LogP contribution in [0.15, 0.2) is 42.7 Å². The van der Waals surface area contributed by atoms with Gasteiger partial charge in [-0.05, 0) is 30.3 Å². The van der Waals surface area contributed by atoms with E-state index in [-0.39, 0.29) is 5.82 Å². The summed E-state index contributed by atoms with van der Waals surface area (Å²) in [4.78, 5) is 8.47. The molecule has 0 amide bonds. The Hall–Kier alpha value is -2.89. The fourth-order valence-electron chi connectivity index (χ4n) is 2.25. The molecule has 0 aliphatic heterocycles. The highest BCUT2D eigenvalue weighted by Crippen LogP contribution is 2.36. The monoisotopic (exact) mass is 299 g/mol. The molecule has 0 bridgehead atoms. The molecule has 3 rings (SSSR count). The lowest BCUT2D eigenvalue weighted by Gasteiger charge is -2.12. The van der Waals surface area contributed by atoms with Crippen LogP contribution in [0.5, 0.6) is 11.5 Å². The zero-order valence-corrected chi connectivity index (χ0v) is 12.1. The predicted octanol–water partition coefficient (Wildman–Crippen LogP) is 3.53. The van der Waals surface area contributed by atoms with Crippen molar-refractivity contribution in [2.45, 2.75) is 0 Å². The van der Waals surface area contributed by atoms with Gasteiger partial charge in [0.05, 0.1) is 14.2 Å². The number of halogens is 1. The summed E-state index contributed by atoms with van der Waals surface area (Å²) in [5, 5.41) is 3.84. The normalized spacial score (nSPS) is 10.5. The molecule has 1 aromatic heterocycles. The number of hydrogen-bond acceptors (Lipinski definition) is 5. The number of ether oxygens (including phenoxy) is 2. The van der Waals surface area contributed by atoms with E-state index in [1.807, 2.05) is 6.07 Å². The number of fused-ring (bicyclic) bond motifs is 1. The highest BCUT2D eigenvalue weighted by molar-refractivity contribution is 5.95. The van der Waals surface area contributed by atoms with Gasteiger partial charge in [0.2, 0.25) is 0 Å². The van der Waals surface area contributed by atoms with Crippen molar-refractivity contribution in [1.29, 1.82) is 0 Å². The van der Waals surface area contributed by atoms with E-state index >= 15 is 0 Å². The second-order valence-corrected chi connectivity index (χ2v) is 4.55. The lowest BCUT2D eigenvalue weighted by atomic mass is 10.2. The Morgan fingerprint density at radius 2 is 1.91 bits per heavy atom. The molecule has 6 heteroatoms. The first-order valence-corrected chi connectivity index (χ1v) is 6.61. The van der Waals surface area contributed by atoms with Gasteiger partial charge >= 0.3 is 0 Å². The van der Waals surface area contributed by atoms with Gasteiger partial charge in [-0.25, -0.2) is 14.4 Å². The summed E-state index contributed by atoms with van der Waals surface area (Å²) < 4.78 is 23.9. The Bertz CT molecular complexity index is 824. The lowest BCUT2D eigenvalue weighted by molar-refractivity contribution is 0.358. The van der Waals surface area contributed by atoms with Crippen LogP contribution in [0.4, 0.5) is 15.9 Å². The maximum atomic E-state index is 13.3. The predicted molar refractivity (Wildman–Crippen MR) is 82.3 cm³/mol. The molecule has 22 heavy (non-hydrogen) atoms. The van der Waals surface area contributed by atoms with Gasteiger partial charge in [-0.2, -0.15) is 0 Å². The van der Waals surface area contributed by atoms with Crippen molar-refractivity contribution in [3.63, 3.8) is 0 Å². The first-order chi connectivity index (χ1) is 10.7. The molecule has 1 N–H and O–H groups in total. The van der Waals surface area contributed by atoms with Crippen molar-refractivity contribution < 1.29 is 13.9 Å². The molecule has 0 spiro atoms. The maximum Gasteiger partial charge on any atom is 0.187 e. The number of nitrogens with zero attached hydrogens (tertiary/aromatic N) is 2. The summed E-state index contributed by atoms with van der Waals surface area (Å²) in [6.07, 6.45) is 1.42. The van der Waals surface area contributed by atoms with Gasteiger partial charge in [0.1, 0.15) is 23.5 Å². The summed E-state index contributed by atoms with van der Waals surface area (Å²) >= 11 is 0. The van der Waals surface area contributed by atoms with E-state index in [1.54, 1.807) is 32.4 Å². The molecule has 2 aromatic carbocycles. The van der Waals surface area contributed by atoms with Crippen molar-refractivity contribution >= 4 is 22.4 Å². The Balaban J connectivity index is 2.11. The summed E-state index contributed by atoms with van der Waals surface area (Å²) in [6, 6.07) is 9.79. The minimum absolute atomic E-state index is 0.317. The highest BCUT2D eigenvalue weighted by Gasteiger charge is 2.13. The molecule has 0 aliphatic rings. The standard InChI is InChI=1S/C16H14FN3O2/c1-21-13-7-6-12-14(15(13)22-2)18-9-19-16(12)20-11-5-3-4-10(17)8-11/h3-9H,1-2H3,(H,18,19,20). The van der Waals surface area contributed by atoms with E-state index in [0.717, 1.165) is 5.39 Å². The molecule has 0 fully saturated rings. The van der Waals surface area contributed by atoms with Gasteiger partial charge in [0, 0.05) is 11.1 Å². The smallest absolute Gasteiger partial charge is 0.187 e. The van der Waals surface area contributed by atoms with Crippen LogP contribution in [-0.4, -0.2) is 24.2 Å². The van der Waals surface area contributed by atoms with E-state index in [2.05, 4.69) is 15.3 Å². The minimum atomic E-state index is -0.317.